The fourth-order valence-corrected chi connectivity index (χ4v) is 2.05. The van der Waals surface area contributed by atoms with Gasteiger partial charge in [-0.25, -0.2) is 4.57 Å². The van der Waals surface area contributed by atoms with Crippen molar-refractivity contribution in [1.29, 1.82) is 0 Å². The van der Waals surface area contributed by atoms with Crippen molar-refractivity contribution in [3.63, 3.8) is 0 Å². The molecule has 1 fully saturated rings. The highest BCUT2D eigenvalue weighted by Gasteiger charge is 2.21. The van der Waals surface area contributed by atoms with E-state index >= 15 is 0 Å². The van der Waals surface area contributed by atoms with E-state index in [0.717, 1.165) is 0 Å². The van der Waals surface area contributed by atoms with E-state index in [4.69, 9.17) is 9.79 Å². The second-order valence-electron chi connectivity index (χ2n) is 4.24. The summed E-state index contributed by atoms with van der Waals surface area (Å²) in [5.41, 5.74) is 0.522. The molecule has 0 radical (unpaired) electrons. The van der Waals surface area contributed by atoms with Gasteiger partial charge in [-0.3, -0.25) is 14.2 Å². The summed E-state index contributed by atoms with van der Waals surface area (Å²) in [5.74, 6) is -0.0406. The Morgan fingerprint density at radius 1 is 1.33 bits per heavy atom. The van der Waals surface area contributed by atoms with Gasteiger partial charge in [0, 0.05) is 38.3 Å². The van der Waals surface area contributed by atoms with Gasteiger partial charge >= 0.3 is 7.82 Å². The molecular weight excluding hydrogens is 259 g/mol. The molecule has 8 heteroatoms. The second kappa shape index (κ2) is 6.45. The number of hydrogen-bond donors (Lipinski definition) is 2. The van der Waals surface area contributed by atoms with Gasteiger partial charge in [0.25, 0.3) is 0 Å². The Kier molecular flexibility index (Phi) is 5.49. The summed E-state index contributed by atoms with van der Waals surface area (Å²) in [6.07, 6.45) is 0. The number of carbonyl (C=O) groups excluding carboxylic acids is 1. The quantitative estimate of drug-likeness (QED) is 0.535. The number of phosphoric acid groups is 1. The number of rotatable bonds is 5. The summed E-state index contributed by atoms with van der Waals surface area (Å²) in [6.45, 7) is 8.27. The minimum Gasteiger partial charge on any atom is -0.336 e. The standard InChI is InChI=1S/C10H19N2O5P/c1-9(2)10(13)12-5-3-11(4-6-12)7-8-17-18(14,15)16/h1,3-8H2,2H3,(H2,14,15,16). The summed E-state index contributed by atoms with van der Waals surface area (Å²) in [4.78, 5) is 32.4. The molecule has 1 amide bonds. The Morgan fingerprint density at radius 2 is 1.89 bits per heavy atom. The van der Waals surface area contributed by atoms with Crippen molar-refractivity contribution >= 4 is 13.7 Å². The van der Waals surface area contributed by atoms with Crippen LogP contribution in [0, 0.1) is 0 Å². The van der Waals surface area contributed by atoms with Crippen molar-refractivity contribution in [2.75, 3.05) is 39.3 Å². The third-order valence-corrected chi connectivity index (χ3v) is 3.21. The van der Waals surface area contributed by atoms with Gasteiger partial charge in [0.1, 0.15) is 0 Å². The molecule has 0 aromatic carbocycles. The average Bonchev–Trinajstić information content (AvgIpc) is 2.27. The van der Waals surface area contributed by atoms with Crippen molar-refractivity contribution in [2.24, 2.45) is 0 Å². The largest absolute Gasteiger partial charge is 0.469 e. The van der Waals surface area contributed by atoms with Crippen molar-refractivity contribution in [3.8, 4) is 0 Å². The van der Waals surface area contributed by atoms with Gasteiger partial charge < -0.3 is 14.7 Å². The molecule has 0 aromatic heterocycles. The highest BCUT2D eigenvalue weighted by molar-refractivity contribution is 7.46. The molecule has 0 spiro atoms. The van der Waals surface area contributed by atoms with E-state index < -0.39 is 7.82 Å². The average molecular weight is 278 g/mol. The molecule has 1 heterocycles. The lowest BCUT2D eigenvalue weighted by Gasteiger charge is -2.34. The SMILES string of the molecule is C=C(C)C(=O)N1CCN(CCOP(=O)(O)O)CC1. The van der Waals surface area contributed by atoms with Gasteiger partial charge in [0.05, 0.1) is 6.61 Å². The maximum absolute atomic E-state index is 11.6. The first kappa shape index (κ1) is 15.3. The Balaban J connectivity index is 2.25. The van der Waals surface area contributed by atoms with E-state index in [1.165, 1.54) is 0 Å². The van der Waals surface area contributed by atoms with Crippen LogP contribution in [0.5, 0.6) is 0 Å². The van der Waals surface area contributed by atoms with Crippen LogP contribution >= 0.6 is 7.82 Å². The van der Waals surface area contributed by atoms with Crippen LogP contribution in [-0.2, 0) is 13.9 Å². The van der Waals surface area contributed by atoms with E-state index in [1.54, 1.807) is 11.8 Å². The van der Waals surface area contributed by atoms with E-state index in [9.17, 15) is 9.36 Å². The summed E-state index contributed by atoms with van der Waals surface area (Å²) in [5, 5.41) is 0. The zero-order valence-corrected chi connectivity index (χ0v) is 11.3. The second-order valence-corrected chi connectivity index (χ2v) is 5.48. The number of amides is 1. The van der Waals surface area contributed by atoms with Crippen molar-refractivity contribution in [2.45, 2.75) is 6.92 Å². The molecule has 1 aliphatic heterocycles. The molecule has 0 bridgehead atoms. The minimum atomic E-state index is -4.38. The zero-order valence-electron chi connectivity index (χ0n) is 10.4. The third kappa shape index (κ3) is 5.29. The van der Waals surface area contributed by atoms with Crippen LogP contribution in [0.3, 0.4) is 0 Å². The molecular formula is C10H19N2O5P. The Hall–Kier alpha value is -0.720. The van der Waals surface area contributed by atoms with Crippen LogP contribution in [0.2, 0.25) is 0 Å². The smallest absolute Gasteiger partial charge is 0.336 e. The maximum Gasteiger partial charge on any atom is 0.469 e. The van der Waals surface area contributed by atoms with E-state index in [-0.39, 0.29) is 12.5 Å². The van der Waals surface area contributed by atoms with Crippen LogP contribution in [0.25, 0.3) is 0 Å². The van der Waals surface area contributed by atoms with Crippen molar-refractivity contribution in [1.82, 2.24) is 9.80 Å². The fraction of sp³-hybridized carbons (Fsp3) is 0.700. The molecule has 7 nitrogen and oxygen atoms in total. The number of carbonyl (C=O) groups is 1. The summed E-state index contributed by atoms with van der Waals surface area (Å²) < 4.78 is 14.9. The molecule has 0 unspecified atom stereocenters. The summed E-state index contributed by atoms with van der Waals surface area (Å²) in [7, 11) is -4.38. The number of piperazine rings is 1. The van der Waals surface area contributed by atoms with Gasteiger partial charge in [0.15, 0.2) is 0 Å². The first-order chi connectivity index (χ1) is 8.29. The molecule has 104 valence electrons. The van der Waals surface area contributed by atoms with E-state index in [2.05, 4.69) is 11.1 Å². The molecule has 1 saturated heterocycles. The molecule has 0 atom stereocenters. The van der Waals surface area contributed by atoms with Gasteiger partial charge in [-0.1, -0.05) is 6.58 Å². The van der Waals surface area contributed by atoms with Gasteiger partial charge in [-0.2, -0.15) is 0 Å². The molecule has 0 aromatic rings. The monoisotopic (exact) mass is 278 g/mol. The van der Waals surface area contributed by atoms with Crippen LogP contribution in [0.15, 0.2) is 12.2 Å². The lowest BCUT2D eigenvalue weighted by Crippen LogP contribution is -2.49. The Labute approximate surface area is 106 Å². The van der Waals surface area contributed by atoms with Crippen LogP contribution in [0.4, 0.5) is 0 Å². The summed E-state index contributed by atoms with van der Waals surface area (Å²) in [6, 6.07) is 0. The molecule has 0 aliphatic carbocycles. The van der Waals surface area contributed by atoms with Crippen molar-refractivity contribution < 1.29 is 23.7 Å². The number of hydrogen-bond acceptors (Lipinski definition) is 4. The topological polar surface area (TPSA) is 90.3 Å². The minimum absolute atomic E-state index is 0.0152. The molecule has 18 heavy (non-hydrogen) atoms. The Morgan fingerprint density at radius 3 is 2.33 bits per heavy atom. The predicted octanol–water partition coefficient (Wildman–Crippen LogP) is -0.184. The Bertz CT molecular complexity index is 359. The lowest BCUT2D eigenvalue weighted by molar-refractivity contribution is -0.128. The highest BCUT2D eigenvalue weighted by Crippen LogP contribution is 2.35. The number of nitrogens with zero attached hydrogens (tertiary/aromatic N) is 2. The normalized spacial score (nSPS) is 17.8. The molecule has 1 aliphatic rings. The fourth-order valence-electron chi connectivity index (χ4n) is 1.73. The highest BCUT2D eigenvalue weighted by atomic mass is 31.2. The predicted molar refractivity (Wildman–Crippen MR) is 65.8 cm³/mol. The molecule has 1 rings (SSSR count). The molecule has 0 saturated carbocycles. The van der Waals surface area contributed by atoms with Crippen LogP contribution < -0.4 is 0 Å². The van der Waals surface area contributed by atoms with Gasteiger partial charge in [0.2, 0.25) is 5.91 Å². The maximum atomic E-state index is 11.6. The zero-order chi connectivity index (χ0) is 13.8. The lowest BCUT2D eigenvalue weighted by atomic mass is 10.2. The van der Waals surface area contributed by atoms with Crippen LogP contribution in [-0.4, -0.2) is 64.8 Å². The van der Waals surface area contributed by atoms with Crippen LogP contribution in [0.1, 0.15) is 6.92 Å². The van der Waals surface area contributed by atoms with E-state index in [1.807, 2.05) is 4.90 Å². The molecule has 2 N–H and O–H groups in total. The van der Waals surface area contributed by atoms with Gasteiger partial charge in [-0.05, 0) is 6.92 Å². The first-order valence-electron chi connectivity index (χ1n) is 5.67. The van der Waals surface area contributed by atoms with E-state index in [0.29, 0.717) is 38.3 Å². The first-order valence-corrected chi connectivity index (χ1v) is 7.20. The van der Waals surface area contributed by atoms with Crippen molar-refractivity contribution in [3.05, 3.63) is 12.2 Å². The van der Waals surface area contributed by atoms with Gasteiger partial charge in [-0.15, -0.1) is 0 Å². The summed E-state index contributed by atoms with van der Waals surface area (Å²) >= 11 is 0. The number of phosphoric ester groups is 1. The third-order valence-electron chi connectivity index (χ3n) is 2.69.